The maximum Gasteiger partial charge on any atom is 0.220 e. The number of para-hydroxylation sites is 1. The number of aromatic nitrogens is 2. The minimum Gasteiger partial charge on any atom is -0.377 e. The van der Waals surface area contributed by atoms with Crippen molar-refractivity contribution in [3.8, 4) is 0 Å². The number of anilines is 2. The highest BCUT2D eigenvalue weighted by Crippen LogP contribution is 2.23. The van der Waals surface area contributed by atoms with Crippen LogP contribution in [0.3, 0.4) is 0 Å². The largest absolute Gasteiger partial charge is 0.377 e. The molecule has 6 heteroatoms. The van der Waals surface area contributed by atoms with Gasteiger partial charge in [-0.3, -0.25) is 4.79 Å². The van der Waals surface area contributed by atoms with Crippen LogP contribution in [0.2, 0.25) is 0 Å². The van der Waals surface area contributed by atoms with Crippen LogP contribution < -0.4 is 5.32 Å². The van der Waals surface area contributed by atoms with Gasteiger partial charge >= 0.3 is 0 Å². The minimum atomic E-state index is -0.233. The summed E-state index contributed by atoms with van der Waals surface area (Å²) in [4.78, 5) is 22.4. The van der Waals surface area contributed by atoms with Gasteiger partial charge in [0.25, 0.3) is 0 Å². The molecule has 1 aliphatic rings. The van der Waals surface area contributed by atoms with Gasteiger partial charge in [-0.05, 0) is 18.2 Å². The molecular formula is C16H18N4O2. The van der Waals surface area contributed by atoms with Gasteiger partial charge in [0, 0.05) is 25.4 Å². The monoisotopic (exact) mass is 298 g/mol. The summed E-state index contributed by atoms with van der Waals surface area (Å²) >= 11 is 0. The lowest BCUT2D eigenvalue weighted by molar-refractivity contribution is -0.138. The highest BCUT2D eigenvalue weighted by Gasteiger charge is 2.28. The van der Waals surface area contributed by atoms with E-state index in [1.807, 2.05) is 30.3 Å². The van der Waals surface area contributed by atoms with Crippen LogP contribution in [0.15, 0.2) is 42.6 Å². The Kier molecular flexibility index (Phi) is 4.29. The van der Waals surface area contributed by atoms with Crippen molar-refractivity contribution in [2.24, 2.45) is 0 Å². The van der Waals surface area contributed by atoms with Crippen LogP contribution in [0.4, 0.5) is 11.5 Å². The van der Waals surface area contributed by atoms with Crippen LogP contribution in [0.25, 0.3) is 0 Å². The first kappa shape index (κ1) is 14.5. The Morgan fingerprint density at radius 2 is 2.14 bits per heavy atom. The first-order valence-corrected chi connectivity index (χ1v) is 7.24. The second-order valence-corrected chi connectivity index (χ2v) is 5.09. The first-order chi connectivity index (χ1) is 10.7. The van der Waals surface area contributed by atoms with Crippen molar-refractivity contribution in [2.45, 2.75) is 13.0 Å². The molecule has 0 unspecified atom stereocenters. The molecule has 0 aliphatic carbocycles. The summed E-state index contributed by atoms with van der Waals surface area (Å²) in [5.41, 5.74) is 0.954. The minimum absolute atomic E-state index is 0.0123. The van der Waals surface area contributed by atoms with Crippen molar-refractivity contribution in [1.29, 1.82) is 0 Å². The number of carbonyl (C=O) groups excluding carboxylic acids is 1. The predicted molar refractivity (Wildman–Crippen MR) is 82.7 cm³/mol. The Labute approximate surface area is 129 Å². The van der Waals surface area contributed by atoms with E-state index in [4.69, 9.17) is 4.74 Å². The Morgan fingerprint density at radius 3 is 2.91 bits per heavy atom. The van der Waals surface area contributed by atoms with Crippen LogP contribution in [0, 0.1) is 0 Å². The lowest BCUT2D eigenvalue weighted by Gasteiger charge is -2.33. The molecule has 22 heavy (non-hydrogen) atoms. The fraction of sp³-hybridized carbons (Fsp3) is 0.312. The number of amides is 1. The predicted octanol–water partition coefficient (Wildman–Crippen LogP) is 2.14. The number of rotatable bonds is 3. The number of nitrogens with one attached hydrogen (secondary N) is 1. The molecule has 1 fully saturated rings. The molecule has 3 rings (SSSR count). The first-order valence-electron chi connectivity index (χ1n) is 7.24. The van der Waals surface area contributed by atoms with E-state index in [1.165, 1.54) is 0 Å². The van der Waals surface area contributed by atoms with Gasteiger partial charge in [-0.25, -0.2) is 9.97 Å². The molecule has 0 bridgehead atoms. The third-order valence-electron chi connectivity index (χ3n) is 3.55. The standard InChI is InChI=1S/C16H18N4O2/c1-12(21)20-9-10-22-11-14(20)16-17-8-7-15(19-16)18-13-5-3-2-4-6-13/h2-8,14H,9-11H2,1H3,(H,17,18,19)/t14-/m1/s1. The van der Waals surface area contributed by atoms with Gasteiger partial charge in [-0.15, -0.1) is 0 Å². The molecule has 0 spiro atoms. The van der Waals surface area contributed by atoms with Crippen molar-refractivity contribution in [2.75, 3.05) is 25.1 Å². The lowest BCUT2D eigenvalue weighted by atomic mass is 10.2. The zero-order chi connectivity index (χ0) is 15.4. The normalized spacial score (nSPS) is 18.0. The van der Waals surface area contributed by atoms with Crippen molar-refractivity contribution < 1.29 is 9.53 Å². The number of hydrogen-bond donors (Lipinski definition) is 1. The third-order valence-corrected chi connectivity index (χ3v) is 3.55. The van der Waals surface area contributed by atoms with Crippen LogP contribution in [-0.4, -0.2) is 40.5 Å². The summed E-state index contributed by atoms with van der Waals surface area (Å²) in [5.74, 6) is 1.31. The highest BCUT2D eigenvalue weighted by atomic mass is 16.5. The van der Waals surface area contributed by atoms with Gasteiger partial charge in [0.1, 0.15) is 11.9 Å². The number of benzene rings is 1. The van der Waals surface area contributed by atoms with Crippen molar-refractivity contribution in [3.05, 3.63) is 48.4 Å². The molecule has 114 valence electrons. The number of carbonyl (C=O) groups is 1. The van der Waals surface area contributed by atoms with Gasteiger partial charge in [-0.1, -0.05) is 18.2 Å². The average Bonchev–Trinajstić information content (AvgIpc) is 2.56. The molecule has 1 atom stereocenters. The van der Waals surface area contributed by atoms with E-state index in [0.717, 1.165) is 5.69 Å². The van der Waals surface area contributed by atoms with E-state index >= 15 is 0 Å². The Bertz CT molecular complexity index is 648. The fourth-order valence-electron chi connectivity index (χ4n) is 2.47. The summed E-state index contributed by atoms with van der Waals surface area (Å²) in [7, 11) is 0. The smallest absolute Gasteiger partial charge is 0.220 e. The van der Waals surface area contributed by atoms with E-state index in [1.54, 1.807) is 24.1 Å². The quantitative estimate of drug-likeness (QED) is 0.940. The molecule has 1 aromatic carbocycles. The molecule has 2 aromatic rings. The second kappa shape index (κ2) is 6.53. The molecule has 6 nitrogen and oxygen atoms in total. The van der Waals surface area contributed by atoms with Gasteiger partial charge in [-0.2, -0.15) is 0 Å². The molecule has 0 saturated carbocycles. The maximum atomic E-state index is 11.8. The number of ether oxygens (including phenoxy) is 1. The third kappa shape index (κ3) is 3.23. The number of morpholine rings is 1. The van der Waals surface area contributed by atoms with Crippen molar-refractivity contribution >= 4 is 17.4 Å². The molecule has 1 aromatic heterocycles. The van der Waals surface area contributed by atoms with Gasteiger partial charge in [0.05, 0.1) is 13.2 Å². The van der Waals surface area contributed by atoms with E-state index in [-0.39, 0.29) is 11.9 Å². The van der Waals surface area contributed by atoms with Crippen molar-refractivity contribution in [3.63, 3.8) is 0 Å². The topological polar surface area (TPSA) is 67.4 Å². The number of nitrogens with zero attached hydrogens (tertiary/aromatic N) is 3. The second-order valence-electron chi connectivity index (χ2n) is 5.09. The summed E-state index contributed by atoms with van der Waals surface area (Å²) in [6.07, 6.45) is 1.69. The molecule has 2 heterocycles. The average molecular weight is 298 g/mol. The van der Waals surface area contributed by atoms with E-state index in [0.29, 0.717) is 31.4 Å². The zero-order valence-electron chi connectivity index (χ0n) is 12.4. The maximum absolute atomic E-state index is 11.8. The molecule has 1 N–H and O–H groups in total. The van der Waals surface area contributed by atoms with E-state index < -0.39 is 0 Å². The lowest BCUT2D eigenvalue weighted by Crippen LogP contribution is -2.43. The highest BCUT2D eigenvalue weighted by molar-refractivity contribution is 5.73. The summed E-state index contributed by atoms with van der Waals surface area (Å²) < 4.78 is 5.48. The molecule has 0 radical (unpaired) electrons. The van der Waals surface area contributed by atoms with Crippen LogP contribution in [0.1, 0.15) is 18.8 Å². The number of hydrogen-bond acceptors (Lipinski definition) is 5. The van der Waals surface area contributed by atoms with Crippen molar-refractivity contribution in [1.82, 2.24) is 14.9 Å². The molecule has 1 saturated heterocycles. The zero-order valence-corrected chi connectivity index (χ0v) is 12.4. The Hall–Kier alpha value is -2.47. The SMILES string of the molecule is CC(=O)N1CCOC[C@@H]1c1nccc(Nc2ccccc2)n1. The van der Waals surface area contributed by atoms with Gasteiger partial charge < -0.3 is 15.0 Å². The van der Waals surface area contributed by atoms with Crippen LogP contribution >= 0.6 is 0 Å². The molecule has 1 aliphatic heterocycles. The fourth-order valence-corrected chi connectivity index (χ4v) is 2.47. The molecule has 1 amide bonds. The van der Waals surface area contributed by atoms with E-state index in [9.17, 15) is 4.79 Å². The van der Waals surface area contributed by atoms with E-state index in [2.05, 4.69) is 15.3 Å². The molecular weight excluding hydrogens is 280 g/mol. The summed E-state index contributed by atoms with van der Waals surface area (Å²) in [6, 6.07) is 11.4. The Morgan fingerprint density at radius 1 is 1.32 bits per heavy atom. The summed E-state index contributed by atoms with van der Waals surface area (Å²) in [5, 5.41) is 3.23. The summed E-state index contributed by atoms with van der Waals surface area (Å²) in [6.45, 7) is 3.11. The Balaban J connectivity index is 1.82. The van der Waals surface area contributed by atoms with Crippen LogP contribution in [-0.2, 0) is 9.53 Å². The van der Waals surface area contributed by atoms with Crippen LogP contribution in [0.5, 0.6) is 0 Å². The van der Waals surface area contributed by atoms with Gasteiger partial charge in [0.15, 0.2) is 5.82 Å². The van der Waals surface area contributed by atoms with Gasteiger partial charge in [0.2, 0.25) is 5.91 Å².